The largest absolute Gasteiger partial charge is 0.329 e. The minimum absolute atomic E-state index is 0.329. The lowest BCUT2D eigenvalue weighted by Crippen LogP contribution is -2.27. The normalized spacial score (nSPS) is 13.3. The number of nitrogens with zero attached hydrogens (tertiary/aromatic N) is 1. The van der Waals surface area contributed by atoms with Crippen molar-refractivity contribution in [2.75, 3.05) is 20.6 Å². The van der Waals surface area contributed by atoms with Crippen molar-refractivity contribution in [3.05, 3.63) is 34.9 Å². The predicted octanol–water partition coefficient (Wildman–Crippen LogP) is 1.86. The lowest BCUT2D eigenvalue weighted by atomic mass is 9.97. The van der Waals surface area contributed by atoms with E-state index in [0.717, 1.165) is 0 Å². The van der Waals surface area contributed by atoms with E-state index < -0.39 is 0 Å². The van der Waals surface area contributed by atoms with E-state index in [1.165, 1.54) is 16.7 Å². The summed E-state index contributed by atoms with van der Waals surface area (Å²) in [5.74, 6) is 0. The predicted molar refractivity (Wildman–Crippen MR) is 61.4 cm³/mol. The van der Waals surface area contributed by atoms with Gasteiger partial charge in [-0.05, 0) is 44.6 Å². The van der Waals surface area contributed by atoms with Gasteiger partial charge in [0.2, 0.25) is 0 Å². The third-order valence-corrected chi connectivity index (χ3v) is 2.85. The fourth-order valence-electron chi connectivity index (χ4n) is 1.75. The summed E-state index contributed by atoms with van der Waals surface area (Å²) in [6, 6.07) is 6.74. The maximum atomic E-state index is 5.78. The van der Waals surface area contributed by atoms with Gasteiger partial charge in [-0.2, -0.15) is 0 Å². The van der Waals surface area contributed by atoms with Gasteiger partial charge in [0.1, 0.15) is 0 Å². The second-order valence-corrected chi connectivity index (χ2v) is 4.00. The zero-order chi connectivity index (χ0) is 10.7. The number of aryl methyl sites for hydroxylation is 1. The van der Waals surface area contributed by atoms with Crippen molar-refractivity contribution in [1.29, 1.82) is 0 Å². The molecule has 0 aliphatic rings. The average Bonchev–Trinajstić information content (AvgIpc) is 2.13. The topological polar surface area (TPSA) is 29.3 Å². The molecule has 0 heterocycles. The Labute approximate surface area is 86.7 Å². The van der Waals surface area contributed by atoms with E-state index >= 15 is 0 Å². The first kappa shape index (κ1) is 11.2. The van der Waals surface area contributed by atoms with Crippen LogP contribution >= 0.6 is 0 Å². The van der Waals surface area contributed by atoms with Gasteiger partial charge in [-0.3, -0.25) is 0 Å². The van der Waals surface area contributed by atoms with Crippen LogP contribution in [0.25, 0.3) is 0 Å². The highest BCUT2D eigenvalue weighted by Gasteiger charge is 2.14. The van der Waals surface area contributed by atoms with Crippen molar-refractivity contribution >= 4 is 0 Å². The Balaban J connectivity index is 3.10. The lowest BCUT2D eigenvalue weighted by Gasteiger charge is -2.25. The molecular formula is C12H20N2. The smallest absolute Gasteiger partial charge is 0.0467 e. The molecule has 0 bridgehead atoms. The Kier molecular flexibility index (Phi) is 3.67. The number of benzene rings is 1. The van der Waals surface area contributed by atoms with Gasteiger partial charge in [-0.25, -0.2) is 0 Å². The van der Waals surface area contributed by atoms with Crippen molar-refractivity contribution in [2.45, 2.75) is 19.9 Å². The highest BCUT2D eigenvalue weighted by molar-refractivity contribution is 5.35. The minimum atomic E-state index is 0.329. The number of likely N-dealkylation sites (N-methyl/N-ethyl adjacent to an activating group) is 1. The van der Waals surface area contributed by atoms with Crippen LogP contribution in [-0.2, 0) is 0 Å². The summed E-state index contributed by atoms with van der Waals surface area (Å²) in [6.45, 7) is 4.97. The van der Waals surface area contributed by atoms with E-state index in [-0.39, 0.29) is 0 Å². The second-order valence-electron chi connectivity index (χ2n) is 4.00. The summed E-state index contributed by atoms with van der Waals surface area (Å²) in [5, 5.41) is 0. The van der Waals surface area contributed by atoms with E-state index in [9.17, 15) is 0 Å². The van der Waals surface area contributed by atoms with E-state index in [1.54, 1.807) is 0 Å². The van der Waals surface area contributed by atoms with Crippen LogP contribution in [0.1, 0.15) is 22.7 Å². The summed E-state index contributed by atoms with van der Waals surface area (Å²) in [4.78, 5) is 2.17. The molecule has 0 spiro atoms. The van der Waals surface area contributed by atoms with Crippen LogP contribution in [0, 0.1) is 13.8 Å². The summed E-state index contributed by atoms with van der Waals surface area (Å²) >= 11 is 0. The van der Waals surface area contributed by atoms with Crippen LogP contribution in [0.2, 0.25) is 0 Å². The lowest BCUT2D eigenvalue weighted by molar-refractivity contribution is 0.305. The third-order valence-electron chi connectivity index (χ3n) is 2.85. The molecule has 0 aliphatic heterocycles. The molecule has 1 rings (SSSR count). The van der Waals surface area contributed by atoms with Gasteiger partial charge < -0.3 is 10.6 Å². The van der Waals surface area contributed by atoms with Gasteiger partial charge in [-0.1, -0.05) is 18.2 Å². The van der Waals surface area contributed by atoms with Gasteiger partial charge in [0.25, 0.3) is 0 Å². The number of hydrogen-bond donors (Lipinski definition) is 1. The monoisotopic (exact) mass is 192 g/mol. The molecule has 0 aliphatic carbocycles. The first-order valence-electron chi connectivity index (χ1n) is 5.00. The van der Waals surface area contributed by atoms with Gasteiger partial charge in [-0.15, -0.1) is 0 Å². The summed E-state index contributed by atoms with van der Waals surface area (Å²) < 4.78 is 0. The quantitative estimate of drug-likeness (QED) is 0.792. The van der Waals surface area contributed by atoms with Gasteiger partial charge >= 0.3 is 0 Å². The molecule has 0 saturated heterocycles. The van der Waals surface area contributed by atoms with Crippen molar-refractivity contribution in [2.24, 2.45) is 5.73 Å². The van der Waals surface area contributed by atoms with Gasteiger partial charge in [0.15, 0.2) is 0 Å². The Morgan fingerprint density at radius 3 is 2.43 bits per heavy atom. The molecule has 78 valence electrons. The van der Waals surface area contributed by atoms with E-state index in [2.05, 4.69) is 51.0 Å². The Bertz CT molecular complexity index is 305. The minimum Gasteiger partial charge on any atom is -0.329 e. The average molecular weight is 192 g/mol. The zero-order valence-corrected chi connectivity index (χ0v) is 9.54. The Morgan fingerprint density at radius 1 is 1.29 bits per heavy atom. The fourth-order valence-corrected chi connectivity index (χ4v) is 1.75. The summed E-state index contributed by atoms with van der Waals surface area (Å²) in [5.41, 5.74) is 9.82. The van der Waals surface area contributed by atoms with Crippen LogP contribution in [0.4, 0.5) is 0 Å². The van der Waals surface area contributed by atoms with Crippen LogP contribution in [0.15, 0.2) is 18.2 Å². The highest BCUT2D eigenvalue weighted by atomic mass is 15.1. The number of rotatable bonds is 3. The molecule has 0 saturated carbocycles. The summed E-state index contributed by atoms with van der Waals surface area (Å²) in [7, 11) is 4.14. The standard InChI is InChI=1S/C12H20N2/c1-9-6-5-7-11(10(9)2)12(8-13)14(3)4/h5-7,12H,8,13H2,1-4H3. The van der Waals surface area contributed by atoms with Crippen molar-refractivity contribution < 1.29 is 0 Å². The fraction of sp³-hybridized carbons (Fsp3) is 0.500. The summed E-state index contributed by atoms with van der Waals surface area (Å²) in [6.07, 6.45) is 0. The third kappa shape index (κ3) is 2.14. The highest BCUT2D eigenvalue weighted by Crippen LogP contribution is 2.22. The van der Waals surface area contributed by atoms with Crippen molar-refractivity contribution in [3.8, 4) is 0 Å². The SMILES string of the molecule is Cc1cccc(C(CN)N(C)C)c1C. The first-order chi connectivity index (χ1) is 6.57. The van der Waals surface area contributed by atoms with E-state index in [4.69, 9.17) is 5.73 Å². The maximum absolute atomic E-state index is 5.78. The molecule has 1 atom stereocenters. The molecule has 2 N–H and O–H groups in total. The molecule has 0 aromatic heterocycles. The van der Waals surface area contributed by atoms with Gasteiger partial charge in [0.05, 0.1) is 0 Å². The molecule has 1 aromatic rings. The van der Waals surface area contributed by atoms with E-state index in [0.29, 0.717) is 12.6 Å². The molecule has 0 fully saturated rings. The zero-order valence-electron chi connectivity index (χ0n) is 9.54. The molecular weight excluding hydrogens is 172 g/mol. The van der Waals surface area contributed by atoms with Crippen LogP contribution < -0.4 is 5.73 Å². The van der Waals surface area contributed by atoms with Crippen LogP contribution in [-0.4, -0.2) is 25.5 Å². The van der Waals surface area contributed by atoms with Crippen LogP contribution in [0.3, 0.4) is 0 Å². The molecule has 1 aromatic carbocycles. The number of nitrogens with two attached hydrogens (primary N) is 1. The second kappa shape index (κ2) is 4.58. The van der Waals surface area contributed by atoms with Gasteiger partial charge in [0, 0.05) is 12.6 Å². The van der Waals surface area contributed by atoms with Crippen molar-refractivity contribution in [1.82, 2.24) is 4.90 Å². The molecule has 2 nitrogen and oxygen atoms in total. The maximum Gasteiger partial charge on any atom is 0.0467 e. The molecule has 0 amide bonds. The number of hydrogen-bond acceptors (Lipinski definition) is 2. The van der Waals surface area contributed by atoms with Crippen molar-refractivity contribution in [3.63, 3.8) is 0 Å². The molecule has 1 unspecified atom stereocenters. The van der Waals surface area contributed by atoms with E-state index in [1.807, 2.05) is 0 Å². The molecule has 0 radical (unpaired) electrons. The molecule has 2 heteroatoms. The Morgan fingerprint density at radius 2 is 1.93 bits per heavy atom. The van der Waals surface area contributed by atoms with Crippen LogP contribution in [0.5, 0.6) is 0 Å². The Hall–Kier alpha value is -0.860. The molecule has 14 heavy (non-hydrogen) atoms. The first-order valence-corrected chi connectivity index (χ1v) is 5.00.